The predicted octanol–water partition coefficient (Wildman–Crippen LogP) is 8.64. The number of benzene rings is 2. The first-order valence-electron chi connectivity index (χ1n) is 15.2. The Morgan fingerprint density at radius 2 is 1.46 bits per heavy atom. The van der Waals surface area contributed by atoms with E-state index in [0.29, 0.717) is 0 Å². The van der Waals surface area contributed by atoms with Crippen LogP contribution in [0.15, 0.2) is 48.5 Å². The van der Waals surface area contributed by atoms with E-state index in [1.165, 1.54) is 55.2 Å². The SMILES string of the molecule is CCCCCCCCNCc1ccc(Cn2c(CCCC)nc3c(NC(C)(C)C)nc4ccccc4c32)cc1. The van der Waals surface area contributed by atoms with Gasteiger partial charge in [-0.15, -0.1) is 0 Å². The van der Waals surface area contributed by atoms with E-state index in [1.54, 1.807) is 0 Å². The van der Waals surface area contributed by atoms with Gasteiger partial charge in [-0.3, -0.25) is 0 Å². The lowest BCUT2D eigenvalue weighted by Crippen LogP contribution is -2.26. The number of nitrogens with zero attached hydrogens (tertiary/aromatic N) is 3. The van der Waals surface area contributed by atoms with Crippen LogP contribution < -0.4 is 10.6 Å². The van der Waals surface area contributed by atoms with Crippen LogP contribution in [0, 0.1) is 0 Å². The van der Waals surface area contributed by atoms with Crippen molar-refractivity contribution in [3.05, 3.63) is 65.5 Å². The summed E-state index contributed by atoms with van der Waals surface area (Å²) in [7, 11) is 0. The van der Waals surface area contributed by atoms with Gasteiger partial charge in [0, 0.05) is 30.4 Å². The fourth-order valence-corrected chi connectivity index (χ4v) is 5.23. The Hall–Kier alpha value is -2.92. The minimum atomic E-state index is -0.103. The summed E-state index contributed by atoms with van der Waals surface area (Å²) < 4.78 is 2.44. The summed E-state index contributed by atoms with van der Waals surface area (Å²) in [6.07, 6.45) is 11.3. The smallest absolute Gasteiger partial charge is 0.155 e. The van der Waals surface area contributed by atoms with Gasteiger partial charge in [0.2, 0.25) is 0 Å². The lowest BCUT2D eigenvalue weighted by molar-refractivity contribution is 0.572. The fraction of sp³-hybridized carbons (Fsp3) is 0.529. The van der Waals surface area contributed by atoms with Crippen LogP contribution in [0.1, 0.15) is 103 Å². The van der Waals surface area contributed by atoms with E-state index in [2.05, 4.69) is 98.4 Å². The summed E-state index contributed by atoms with van der Waals surface area (Å²) in [6, 6.07) is 17.6. The molecule has 0 spiro atoms. The van der Waals surface area contributed by atoms with Crippen molar-refractivity contribution in [3.8, 4) is 0 Å². The number of hydrogen-bond donors (Lipinski definition) is 2. The summed E-state index contributed by atoms with van der Waals surface area (Å²) >= 11 is 0. The molecule has 39 heavy (non-hydrogen) atoms. The second-order valence-corrected chi connectivity index (χ2v) is 12.0. The third kappa shape index (κ3) is 8.04. The zero-order chi connectivity index (χ0) is 27.7. The number of aromatic nitrogens is 3. The summed E-state index contributed by atoms with van der Waals surface area (Å²) in [5, 5.41) is 8.43. The van der Waals surface area contributed by atoms with Gasteiger partial charge >= 0.3 is 0 Å². The molecule has 5 nitrogen and oxygen atoms in total. The lowest BCUT2D eigenvalue weighted by atomic mass is 10.1. The van der Waals surface area contributed by atoms with Crippen LogP contribution in [0.3, 0.4) is 0 Å². The molecule has 4 rings (SSSR count). The van der Waals surface area contributed by atoms with Gasteiger partial charge in [0.25, 0.3) is 0 Å². The summed E-state index contributed by atoms with van der Waals surface area (Å²) in [4.78, 5) is 10.2. The molecule has 0 bridgehead atoms. The average molecular weight is 528 g/mol. The molecule has 2 heterocycles. The Balaban J connectivity index is 1.55. The Morgan fingerprint density at radius 1 is 0.769 bits per heavy atom. The number of nitrogens with one attached hydrogen (secondary N) is 2. The molecule has 2 N–H and O–H groups in total. The van der Waals surface area contributed by atoms with Gasteiger partial charge in [-0.2, -0.15) is 0 Å². The predicted molar refractivity (Wildman–Crippen MR) is 168 cm³/mol. The maximum Gasteiger partial charge on any atom is 0.155 e. The quantitative estimate of drug-likeness (QED) is 0.152. The van der Waals surface area contributed by atoms with Crippen LogP contribution in [0.25, 0.3) is 21.9 Å². The topological polar surface area (TPSA) is 54.8 Å². The highest BCUT2D eigenvalue weighted by Crippen LogP contribution is 2.32. The molecule has 2 aromatic heterocycles. The summed E-state index contributed by atoms with van der Waals surface area (Å²) in [5.41, 5.74) is 5.71. The molecule has 0 aliphatic rings. The van der Waals surface area contributed by atoms with Gasteiger partial charge in [-0.05, 0) is 57.4 Å². The van der Waals surface area contributed by atoms with E-state index in [4.69, 9.17) is 9.97 Å². The van der Waals surface area contributed by atoms with Crippen molar-refractivity contribution in [2.75, 3.05) is 11.9 Å². The van der Waals surface area contributed by atoms with E-state index in [9.17, 15) is 0 Å². The molecule has 0 fully saturated rings. The molecule has 0 aliphatic heterocycles. The molecular weight excluding hydrogens is 478 g/mol. The lowest BCUT2D eigenvalue weighted by Gasteiger charge is -2.22. The van der Waals surface area contributed by atoms with Crippen LogP contribution in [-0.4, -0.2) is 26.6 Å². The van der Waals surface area contributed by atoms with Crippen molar-refractivity contribution in [1.82, 2.24) is 19.9 Å². The van der Waals surface area contributed by atoms with Crippen LogP contribution in [0.5, 0.6) is 0 Å². The summed E-state index contributed by atoms with van der Waals surface area (Å²) in [6.45, 7) is 13.9. The monoisotopic (exact) mass is 527 g/mol. The van der Waals surface area contributed by atoms with Gasteiger partial charge in [-0.25, -0.2) is 9.97 Å². The third-order valence-corrected chi connectivity index (χ3v) is 7.31. The number of anilines is 1. The molecule has 0 unspecified atom stereocenters. The van der Waals surface area contributed by atoms with Crippen molar-refractivity contribution >= 4 is 27.8 Å². The zero-order valence-electron chi connectivity index (χ0n) is 24.9. The highest BCUT2D eigenvalue weighted by molar-refractivity contribution is 6.07. The molecule has 0 aliphatic carbocycles. The second kappa shape index (κ2) is 13.9. The Kier molecular flexibility index (Phi) is 10.4. The Morgan fingerprint density at radius 3 is 2.21 bits per heavy atom. The number of rotatable bonds is 15. The number of hydrogen-bond acceptors (Lipinski definition) is 4. The van der Waals surface area contributed by atoms with Crippen LogP contribution in [0.2, 0.25) is 0 Å². The van der Waals surface area contributed by atoms with Crippen molar-refractivity contribution in [3.63, 3.8) is 0 Å². The first-order chi connectivity index (χ1) is 18.9. The molecule has 0 saturated heterocycles. The highest BCUT2D eigenvalue weighted by Gasteiger charge is 2.21. The largest absolute Gasteiger partial charge is 0.364 e. The van der Waals surface area contributed by atoms with Crippen molar-refractivity contribution in [2.24, 2.45) is 0 Å². The zero-order valence-corrected chi connectivity index (χ0v) is 24.9. The van der Waals surface area contributed by atoms with E-state index >= 15 is 0 Å². The molecule has 2 aromatic carbocycles. The van der Waals surface area contributed by atoms with Crippen molar-refractivity contribution < 1.29 is 0 Å². The first-order valence-corrected chi connectivity index (χ1v) is 15.2. The normalized spacial score (nSPS) is 12.0. The standard InChI is InChI=1S/C34H49N5/c1-6-8-10-11-12-15-23-35-24-26-19-21-27(22-20-26)25-39-30(18-9-7-2)37-31-32(39)28-16-13-14-17-29(28)36-33(31)38-34(3,4)5/h13-14,16-17,19-22,35H,6-12,15,18,23-25H2,1-5H3,(H,36,38). The summed E-state index contributed by atoms with van der Waals surface area (Å²) in [5.74, 6) is 2.02. The molecule has 0 atom stereocenters. The first kappa shape index (κ1) is 29.1. The molecule has 0 amide bonds. The molecule has 0 radical (unpaired) electrons. The van der Waals surface area contributed by atoms with Crippen LogP contribution in [0.4, 0.5) is 5.82 Å². The van der Waals surface area contributed by atoms with Gasteiger partial charge in [-0.1, -0.05) is 94.8 Å². The molecule has 0 saturated carbocycles. The van der Waals surface area contributed by atoms with Crippen LogP contribution in [-0.2, 0) is 19.5 Å². The van der Waals surface area contributed by atoms with E-state index in [-0.39, 0.29) is 5.54 Å². The Bertz CT molecular complexity index is 1310. The third-order valence-electron chi connectivity index (χ3n) is 7.31. The second-order valence-electron chi connectivity index (χ2n) is 12.0. The number of aryl methyl sites for hydroxylation is 1. The fourth-order valence-electron chi connectivity index (χ4n) is 5.23. The number of pyridine rings is 1. The number of para-hydroxylation sites is 1. The van der Waals surface area contributed by atoms with E-state index in [1.807, 2.05) is 0 Å². The molecule has 4 aromatic rings. The van der Waals surface area contributed by atoms with Crippen molar-refractivity contribution in [1.29, 1.82) is 0 Å². The van der Waals surface area contributed by atoms with Crippen molar-refractivity contribution in [2.45, 2.75) is 111 Å². The van der Waals surface area contributed by atoms with Crippen LogP contribution >= 0.6 is 0 Å². The maximum atomic E-state index is 5.21. The van der Waals surface area contributed by atoms with E-state index in [0.717, 1.165) is 67.0 Å². The number of imidazole rings is 1. The van der Waals surface area contributed by atoms with E-state index < -0.39 is 0 Å². The molecule has 210 valence electrons. The highest BCUT2D eigenvalue weighted by atomic mass is 15.1. The number of unbranched alkanes of at least 4 members (excludes halogenated alkanes) is 6. The van der Waals surface area contributed by atoms with Gasteiger partial charge in [0.15, 0.2) is 5.82 Å². The minimum Gasteiger partial charge on any atom is -0.364 e. The molecule has 5 heteroatoms. The minimum absolute atomic E-state index is 0.103. The van der Waals surface area contributed by atoms with Gasteiger partial charge in [0.1, 0.15) is 11.3 Å². The number of fused-ring (bicyclic) bond motifs is 3. The Labute approximate surface area is 235 Å². The van der Waals surface area contributed by atoms with Gasteiger partial charge in [0.05, 0.1) is 11.0 Å². The molecular formula is C34H49N5. The average Bonchev–Trinajstić information content (AvgIpc) is 3.27. The maximum absolute atomic E-state index is 5.21. The van der Waals surface area contributed by atoms with Gasteiger partial charge < -0.3 is 15.2 Å².